The quantitative estimate of drug-likeness (QED) is 0.625. The first kappa shape index (κ1) is 13.1. The van der Waals surface area contributed by atoms with Crippen LogP contribution >= 0.6 is 22.6 Å². The summed E-state index contributed by atoms with van der Waals surface area (Å²) in [6, 6.07) is 9.07. The van der Waals surface area contributed by atoms with E-state index in [1.54, 1.807) is 0 Å². The van der Waals surface area contributed by atoms with Crippen LogP contribution in [0.2, 0.25) is 0 Å². The Labute approximate surface area is 126 Å². The molecule has 0 saturated heterocycles. The second-order valence-electron chi connectivity index (χ2n) is 4.96. The average Bonchev–Trinajstić information content (AvgIpc) is 3.11. The maximum Gasteiger partial charge on any atom is 0.194 e. The molecule has 1 N–H and O–H groups in total. The van der Waals surface area contributed by atoms with Gasteiger partial charge in [0.25, 0.3) is 0 Å². The van der Waals surface area contributed by atoms with Crippen molar-refractivity contribution in [2.24, 2.45) is 0 Å². The molecule has 1 saturated carbocycles. The lowest BCUT2D eigenvalue weighted by Gasteiger charge is -2.00. The van der Waals surface area contributed by atoms with Gasteiger partial charge < -0.3 is 9.73 Å². The summed E-state index contributed by atoms with van der Waals surface area (Å²) in [4.78, 5) is 4.36. The zero-order valence-electron chi connectivity index (χ0n) is 10.7. The minimum Gasteiger partial charge on any atom is -0.441 e. The fourth-order valence-electron chi connectivity index (χ4n) is 2.03. The van der Waals surface area contributed by atoms with Gasteiger partial charge in [0.2, 0.25) is 0 Å². The van der Waals surface area contributed by atoms with Crippen molar-refractivity contribution in [1.29, 1.82) is 0 Å². The number of hydrogen-bond donors (Lipinski definition) is 1. The topological polar surface area (TPSA) is 38.1 Å². The Hall–Kier alpha value is -0.880. The lowest BCUT2D eigenvalue weighted by molar-refractivity contribution is 0.491. The van der Waals surface area contributed by atoms with E-state index in [2.05, 4.69) is 51.1 Å². The van der Waals surface area contributed by atoms with E-state index in [0.717, 1.165) is 42.6 Å². The first-order valence-corrected chi connectivity index (χ1v) is 7.83. The molecular weight excluding hydrogens is 351 g/mol. The number of oxazole rings is 1. The standard InChI is InChI=1S/C15H17IN2O/c16-12-4-1-3-11(9-12)14-10-18-15(19-14)5-2-8-17-13-6-7-13/h1,3-4,9-10,13,17H,2,5-8H2. The molecule has 1 aliphatic rings. The van der Waals surface area contributed by atoms with Gasteiger partial charge in [0, 0.05) is 21.6 Å². The first-order valence-electron chi connectivity index (χ1n) is 6.75. The molecule has 0 unspecified atom stereocenters. The Morgan fingerprint density at radius 1 is 1.37 bits per heavy atom. The smallest absolute Gasteiger partial charge is 0.194 e. The van der Waals surface area contributed by atoms with E-state index in [0.29, 0.717) is 0 Å². The van der Waals surface area contributed by atoms with Crippen LogP contribution in [-0.4, -0.2) is 17.6 Å². The predicted octanol–water partition coefficient (Wildman–Crippen LogP) is 3.63. The molecule has 2 aromatic rings. The molecule has 1 aromatic carbocycles. The number of aromatic nitrogens is 1. The van der Waals surface area contributed by atoms with Gasteiger partial charge in [0.15, 0.2) is 11.7 Å². The fourth-order valence-corrected chi connectivity index (χ4v) is 2.58. The molecule has 0 amide bonds. The van der Waals surface area contributed by atoms with Crippen LogP contribution in [0.4, 0.5) is 0 Å². The van der Waals surface area contributed by atoms with Crippen molar-refractivity contribution < 1.29 is 4.42 Å². The summed E-state index contributed by atoms with van der Waals surface area (Å²) >= 11 is 2.31. The number of aryl methyl sites for hydroxylation is 1. The van der Waals surface area contributed by atoms with Crippen molar-refractivity contribution >= 4 is 22.6 Å². The van der Waals surface area contributed by atoms with Gasteiger partial charge in [-0.2, -0.15) is 0 Å². The van der Waals surface area contributed by atoms with E-state index in [1.807, 2.05) is 12.3 Å². The van der Waals surface area contributed by atoms with Gasteiger partial charge in [-0.3, -0.25) is 0 Å². The highest BCUT2D eigenvalue weighted by molar-refractivity contribution is 14.1. The molecule has 0 aliphatic heterocycles. The van der Waals surface area contributed by atoms with Gasteiger partial charge in [-0.1, -0.05) is 12.1 Å². The Morgan fingerprint density at radius 2 is 2.26 bits per heavy atom. The molecule has 1 fully saturated rings. The second kappa shape index (κ2) is 6.05. The normalized spacial score (nSPS) is 14.8. The molecule has 4 heteroatoms. The van der Waals surface area contributed by atoms with Crippen molar-refractivity contribution in [2.75, 3.05) is 6.54 Å². The monoisotopic (exact) mass is 368 g/mol. The average molecular weight is 368 g/mol. The molecule has 3 nitrogen and oxygen atoms in total. The van der Waals surface area contributed by atoms with Crippen molar-refractivity contribution in [1.82, 2.24) is 10.3 Å². The summed E-state index contributed by atoms with van der Waals surface area (Å²) in [5.41, 5.74) is 1.10. The minimum absolute atomic E-state index is 0.784. The number of rotatable bonds is 6. The Bertz CT molecular complexity index is 549. The van der Waals surface area contributed by atoms with Crippen LogP contribution in [0.15, 0.2) is 34.9 Å². The lowest BCUT2D eigenvalue weighted by atomic mass is 10.2. The van der Waals surface area contributed by atoms with Gasteiger partial charge in [0.1, 0.15) is 0 Å². The van der Waals surface area contributed by atoms with Gasteiger partial charge in [-0.25, -0.2) is 4.98 Å². The van der Waals surface area contributed by atoms with E-state index in [-0.39, 0.29) is 0 Å². The molecule has 1 heterocycles. The molecule has 0 atom stereocenters. The van der Waals surface area contributed by atoms with E-state index in [9.17, 15) is 0 Å². The number of halogens is 1. The lowest BCUT2D eigenvalue weighted by Crippen LogP contribution is -2.17. The Balaban J connectivity index is 1.56. The summed E-state index contributed by atoms with van der Waals surface area (Å²) < 4.78 is 7.02. The summed E-state index contributed by atoms with van der Waals surface area (Å²) in [5, 5.41) is 3.50. The predicted molar refractivity (Wildman–Crippen MR) is 84.0 cm³/mol. The minimum atomic E-state index is 0.784. The van der Waals surface area contributed by atoms with Crippen LogP contribution in [0.5, 0.6) is 0 Å². The molecule has 19 heavy (non-hydrogen) atoms. The van der Waals surface area contributed by atoms with Crippen molar-refractivity contribution in [3.63, 3.8) is 0 Å². The van der Waals surface area contributed by atoms with E-state index in [4.69, 9.17) is 4.42 Å². The largest absolute Gasteiger partial charge is 0.441 e. The Kier molecular flexibility index (Phi) is 4.18. The third kappa shape index (κ3) is 3.79. The zero-order chi connectivity index (χ0) is 13.1. The van der Waals surface area contributed by atoms with Crippen LogP contribution in [-0.2, 0) is 6.42 Å². The van der Waals surface area contributed by atoms with Crippen LogP contribution in [0.25, 0.3) is 11.3 Å². The molecule has 3 rings (SSSR count). The molecule has 0 bridgehead atoms. The molecule has 0 spiro atoms. The van der Waals surface area contributed by atoms with Gasteiger partial charge in [-0.15, -0.1) is 0 Å². The molecule has 1 aromatic heterocycles. The van der Waals surface area contributed by atoms with Crippen molar-refractivity contribution in [2.45, 2.75) is 31.7 Å². The van der Waals surface area contributed by atoms with Crippen LogP contribution < -0.4 is 5.32 Å². The summed E-state index contributed by atoms with van der Waals surface area (Å²) in [7, 11) is 0. The number of nitrogens with one attached hydrogen (secondary N) is 1. The number of nitrogens with zero attached hydrogens (tertiary/aromatic N) is 1. The second-order valence-corrected chi connectivity index (χ2v) is 6.21. The number of benzene rings is 1. The SMILES string of the molecule is Ic1cccc(-c2cnc(CCCNC3CC3)o2)c1. The van der Waals surface area contributed by atoms with Gasteiger partial charge in [-0.05, 0) is 60.5 Å². The fraction of sp³-hybridized carbons (Fsp3) is 0.400. The highest BCUT2D eigenvalue weighted by Gasteiger charge is 2.19. The van der Waals surface area contributed by atoms with Gasteiger partial charge in [0.05, 0.1) is 6.20 Å². The molecule has 1 aliphatic carbocycles. The maximum absolute atomic E-state index is 5.81. The van der Waals surface area contributed by atoms with E-state index in [1.165, 1.54) is 16.4 Å². The number of hydrogen-bond acceptors (Lipinski definition) is 3. The Morgan fingerprint density at radius 3 is 3.05 bits per heavy atom. The molecule has 0 radical (unpaired) electrons. The molecule has 100 valence electrons. The van der Waals surface area contributed by atoms with Crippen molar-refractivity contribution in [3.8, 4) is 11.3 Å². The van der Waals surface area contributed by atoms with E-state index < -0.39 is 0 Å². The van der Waals surface area contributed by atoms with Crippen molar-refractivity contribution in [3.05, 3.63) is 39.9 Å². The third-order valence-electron chi connectivity index (χ3n) is 3.24. The van der Waals surface area contributed by atoms with Gasteiger partial charge >= 0.3 is 0 Å². The summed E-state index contributed by atoms with van der Waals surface area (Å²) in [5.74, 6) is 1.70. The molecular formula is C15H17IN2O. The third-order valence-corrected chi connectivity index (χ3v) is 3.91. The first-order chi connectivity index (χ1) is 9.31. The van der Waals surface area contributed by atoms with Crippen LogP contribution in [0.1, 0.15) is 25.2 Å². The van der Waals surface area contributed by atoms with Crippen LogP contribution in [0, 0.1) is 3.57 Å². The summed E-state index contributed by atoms with van der Waals surface area (Å²) in [6.45, 7) is 1.06. The summed E-state index contributed by atoms with van der Waals surface area (Å²) in [6.07, 6.45) is 6.51. The zero-order valence-corrected chi connectivity index (χ0v) is 12.9. The highest BCUT2D eigenvalue weighted by atomic mass is 127. The van der Waals surface area contributed by atoms with E-state index >= 15 is 0 Å². The van der Waals surface area contributed by atoms with Crippen LogP contribution in [0.3, 0.4) is 0 Å². The maximum atomic E-state index is 5.81. The highest BCUT2D eigenvalue weighted by Crippen LogP contribution is 2.22.